The molecule has 1 aliphatic heterocycles. The minimum Gasteiger partial charge on any atom is -0.495 e. The second-order valence-corrected chi connectivity index (χ2v) is 8.71. The lowest BCUT2D eigenvalue weighted by Gasteiger charge is -2.26. The SMILES string of the molecule is COc1ccc(CC(=O)Nc2ccc(C(F)(F)F)cc2)cc1S(=O)(=O)N1CCOCC1. The molecule has 0 unspecified atom stereocenters. The highest BCUT2D eigenvalue weighted by Crippen LogP contribution is 2.30. The third kappa shape index (κ3) is 5.54. The maximum Gasteiger partial charge on any atom is 0.416 e. The van der Waals surface area contributed by atoms with E-state index in [1.807, 2.05) is 0 Å². The normalized spacial score (nSPS) is 15.5. The molecular formula is C20H21F3N2O5S. The first-order chi connectivity index (χ1) is 14.6. The van der Waals surface area contributed by atoms with Crippen LogP contribution in [0.5, 0.6) is 5.75 Å². The van der Waals surface area contributed by atoms with Crippen molar-refractivity contribution in [2.75, 3.05) is 38.7 Å². The topological polar surface area (TPSA) is 84.9 Å². The second-order valence-electron chi connectivity index (χ2n) is 6.80. The largest absolute Gasteiger partial charge is 0.495 e. The fourth-order valence-electron chi connectivity index (χ4n) is 3.09. The van der Waals surface area contributed by atoms with Crippen LogP contribution in [0.15, 0.2) is 47.4 Å². The van der Waals surface area contributed by atoms with Gasteiger partial charge < -0.3 is 14.8 Å². The number of nitrogens with one attached hydrogen (secondary N) is 1. The number of carbonyl (C=O) groups excluding carboxylic acids is 1. The lowest BCUT2D eigenvalue weighted by molar-refractivity contribution is -0.137. The van der Waals surface area contributed by atoms with Gasteiger partial charge in [0.15, 0.2) is 0 Å². The standard InChI is InChI=1S/C20H21F3N2O5S/c1-29-17-7-2-14(12-18(17)31(27,28)25-8-10-30-11-9-25)13-19(26)24-16-5-3-15(4-6-16)20(21,22)23/h2-7,12H,8-11,13H2,1H3,(H,24,26). The number of hydrogen-bond donors (Lipinski definition) is 1. The average molecular weight is 458 g/mol. The van der Waals surface area contributed by atoms with Crippen LogP contribution in [0.2, 0.25) is 0 Å². The van der Waals surface area contributed by atoms with E-state index in [9.17, 15) is 26.4 Å². The van der Waals surface area contributed by atoms with Gasteiger partial charge in [-0.2, -0.15) is 17.5 Å². The third-order valence-electron chi connectivity index (χ3n) is 4.68. The zero-order valence-electron chi connectivity index (χ0n) is 16.6. The molecule has 1 fully saturated rings. The van der Waals surface area contributed by atoms with Crippen LogP contribution in [0.3, 0.4) is 0 Å². The molecule has 2 aromatic carbocycles. The van der Waals surface area contributed by atoms with Gasteiger partial charge in [-0.15, -0.1) is 0 Å². The van der Waals surface area contributed by atoms with Crippen LogP contribution in [0.1, 0.15) is 11.1 Å². The minimum absolute atomic E-state index is 0.0586. The summed E-state index contributed by atoms with van der Waals surface area (Å²) in [7, 11) is -2.50. The summed E-state index contributed by atoms with van der Waals surface area (Å²) in [5.41, 5.74) is -0.205. The number of nitrogens with zero attached hydrogens (tertiary/aromatic N) is 1. The monoisotopic (exact) mass is 458 g/mol. The van der Waals surface area contributed by atoms with Crippen molar-refractivity contribution in [3.8, 4) is 5.75 Å². The van der Waals surface area contributed by atoms with Crippen LogP contribution in [0, 0.1) is 0 Å². The molecule has 1 saturated heterocycles. The zero-order valence-corrected chi connectivity index (χ0v) is 17.4. The molecule has 1 heterocycles. The van der Waals surface area contributed by atoms with Crippen molar-refractivity contribution in [1.29, 1.82) is 0 Å². The summed E-state index contributed by atoms with van der Waals surface area (Å²) in [6.45, 7) is 1.00. The number of methoxy groups -OCH3 is 1. The van der Waals surface area contributed by atoms with Crippen molar-refractivity contribution in [2.45, 2.75) is 17.5 Å². The molecule has 2 aromatic rings. The number of anilines is 1. The number of alkyl halides is 3. The Bertz CT molecular complexity index is 1030. The van der Waals surface area contributed by atoms with Crippen LogP contribution in [0.25, 0.3) is 0 Å². The van der Waals surface area contributed by atoms with Crippen molar-refractivity contribution in [1.82, 2.24) is 4.31 Å². The molecule has 0 aliphatic carbocycles. The van der Waals surface area contributed by atoms with Crippen molar-refractivity contribution >= 4 is 21.6 Å². The van der Waals surface area contributed by atoms with Crippen LogP contribution in [-0.4, -0.2) is 52.0 Å². The molecule has 0 aromatic heterocycles. The van der Waals surface area contributed by atoms with Gasteiger partial charge in [0.2, 0.25) is 15.9 Å². The number of sulfonamides is 1. The number of ether oxygens (including phenoxy) is 2. The lowest BCUT2D eigenvalue weighted by atomic mass is 10.1. The van der Waals surface area contributed by atoms with Gasteiger partial charge in [0.1, 0.15) is 10.6 Å². The Labute approximate surface area is 177 Å². The van der Waals surface area contributed by atoms with Crippen LogP contribution in [0.4, 0.5) is 18.9 Å². The number of hydrogen-bond acceptors (Lipinski definition) is 5. The first-order valence-electron chi connectivity index (χ1n) is 9.33. The average Bonchev–Trinajstić information content (AvgIpc) is 2.74. The molecule has 3 rings (SSSR count). The predicted octanol–water partition coefficient (Wildman–Crippen LogP) is 2.92. The first kappa shape index (κ1) is 23.0. The van der Waals surface area contributed by atoms with Gasteiger partial charge in [-0.1, -0.05) is 6.07 Å². The van der Waals surface area contributed by atoms with Gasteiger partial charge in [-0.05, 0) is 42.0 Å². The summed E-state index contributed by atoms with van der Waals surface area (Å²) in [5.74, 6) is -0.349. The highest BCUT2D eigenvalue weighted by Gasteiger charge is 2.31. The molecule has 11 heteroatoms. The fraction of sp³-hybridized carbons (Fsp3) is 0.350. The molecule has 0 atom stereocenters. The summed E-state index contributed by atoms with van der Waals surface area (Å²) in [4.78, 5) is 12.3. The third-order valence-corrected chi connectivity index (χ3v) is 6.60. The zero-order chi connectivity index (χ0) is 22.6. The van der Waals surface area contributed by atoms with E-state index in [1.54, 1.807) is 6.07 Å². The number of rotatable bonds is 6. The fourth-order valence-corrected chi connectivity index (χ4v) is 4.71. The van der Waals surface area contributed by atoms with Crippen LogP contribution < -0.4 is 10.1 Å². The molecule has 31 heavy (non-hydrogen) atoms. The number of morpholine rings is 1. The summed E-state index contributed by atoms with van der Waals surface area (Å²) in [6.07, 6.45) is -4.63. The van der Waals surface area contributed by atoms with E-state index < -0.39 is 27.7 Å². The smallest absolute Gasteiger partial charge is 0.416 e. The Morgan fingerprint density at radius 2 is 1.77 bits per heavy atom. The molecular weight excluding hydrogens is 437 g/mol. The van der Waals surface area contributed by atoms with E-state index in [-0.39, 0.29) is 49.1 Å². The number of amides is 1. The van der Waals surface area contributed by atoms with E-state index in [1.165, 1.54) is 23.5 Å². The minimum atomic E-state index is -4.46. The number of halogens is 3. The summed E-state index contributed by atoms with van der Waals surface area (Å²) >= 11 is 0. The molecule has 0 saturated carbocycles. The maximum atomic E-state index is 13.0. The molecule has 1 aliphatic rings. The van der Waals surface area contributed by atoms with Crippen LogP contribution in [-0.2, 0) is 32.2 Å². The highest BCUT2D eigenvalue weighted by molar-refractivity contribution is 7.89. The summed E-state index contributed by atoms with van der Waals surface area (Å²) in [6, 6.07) is 8.45. The molecule has 0 radical (unpaired) electrons. The van der Waals surface area contributed by atoms with Crippen molar-refractivity contribution < 1.29 is 35.9 Å². The number of benzene rings is 2. The Hall–Kier alpha value is -2.63. The van der Waals surface area contributed by atoms with Crippen LogP contribution >= 0.6 is 0 Å². The van der Waals surface area contributed by atoms with Gasteiger partial charge in [0, 0.05) is 18.8 Å². The van der Waals surface area contributed by atoms with Crippen molar-refractivity contribution in [3.63, 3.8) is 0 Å². The van der Waals surface area contributed by atoms with Crippen molar-refractivity contribution in [3.05, 3.63) is 53.6 Å². The molecule has 1 amide bonds. The Balaban J connectivity index is 1.76. The molecule has 0 bridgehead atoms. The van der Waals surface area contributed by atoms with E-state index in [4.69, 9.17) is 9.47 Å². The van der Waals surface area contributed by atoms with E-state index >= 15 is 0 Å². The maximum absolute atomic E-state index is 13.0. The van der Waals surface area contributed by atoms with Gasteiger partial charge in [0.05, 0.1) is 32.3 Å². The second kappa shape index (κ2) is 9.25. The molecule has 168 valence electrons. The quantitative estimate of drug-likeness (QED) is 0.720. The Kier molecular flexibility index (Phi) is 6.87. The summed E-state index contributed by atoms with van der Waals surface area (Å²) < 4.78 is 75.6. The van der Waals surface area contributed by atoms with E-state index in [0.717, 1.165) is 24.3 Å². The first-order valence-corrected chi connectivity index (χ1v) is 10.8. The van der Waals surface area contributed by atoms with E-state index in [0.29, 0.717) is 5.56 Å². The van der Waals surface area contributed by atoms with Crippen molar-refractivity contribution in [2.24, 2.45) is 0 Å². The van der Waals surface area contributed by atoms with Gasteiger partial charge in [-0.3, -0.25) is 4.79 Å². The summed E-state index contributed by atoms with van der Waals surface area (Å²) in [5, 5.41) is 2.51. The Morgan fingerprint density at radius 3 is 2.35 bits per heavy atom. The van der Waals surface area contributed by atoms with Gasteiger partial charge in [-0.25, -0.2) is 8.42 Å². The van der Waals surface area contributed by atoms with E-state index in [2.05, 4.69) is 5.32 Å². The van der Waals surface area contributed by atoms with Gasteiger partial charge in [0.25, 0.3) is 0 Å². The predicted molar refractivity (Wildman–Crippen MR) is 106 cm³/mol. The lowest BCUT2D eigenvalue weighted by Crippen LogP contribution is -2.40. The van der Waals surface area contributed by atoms with Gasteiger partial charge >= 0.3 is 6.18 Å². The highest BCUT2D eigenvalue weighted by atomic mass is 32.2. The molecule has 7 nitrogen and oxygen atoms in total. The number of carbonyl (C=O) groups is 1. The molecule has 1 N–H and O–H groups in total. The Morgan fingerprint density at radius 1 is 1.13 bits per heavy atom. The molecule has 0 spiro atoms.